The molecule has 0 heterocycles. The average molecular weight is 204 g/mol. The minimum atomic E-state index is 0.718. The van der Waals surface area contributed by atoms with Crippen molar-refractivity contribution in [3.63, 3.8) is 0 Å². The van der Waals surface area contributed by atoms with Gasteiger partial charge >= 0.3 is 0 Å². The molecule has 15 heavy (non-hydrogen) atoms. The van der Waals surface area contributed by atoms with Crippen LogP contribution in [-0.4, -0.2) is 6.29 Å². The zero-order valence-electron chi connectivity index (χ0n) is 9.54. The molecule has 1 aromatic carbocycles. The van der Waals surface area contributed by atoms with Gasteiger partial charge < -0.3 is 4.79 Å². The third-order valence-electron chi connectivity index (χ3n) is 2.77. The molecule has 0 saturated carbocycles. The van der Waals surface area contributed by atoms with Gasteiger partial charge in [0, 0.05) is 6.42 Å². The lowest BCUT2D eigenvalue weighted by molar-refractivity contribution is -0.107. The Morgan fingerprint density at radius 2 is 1.80 bits per heavy atom. The zero-order chi connectivity index (χ0) is 10.9. The first-order valence-corrected chi connectivity index (χ1v) is 5.89. The Bertz CT molecular complexity index is 291. The van der Waals surface area contributed by atoms with Crippen LogP contribution in [0, 0.1) is 0 Å². The van der Waals surface area contributed by atoms with Crippen molar-refractivity contribution in [2.75, 3.05) is 0 Å². The van der Waals surface area contributed by atoms with Crippen LogP contribution in [0.4, 0.5) is 0 Å². The average Bonchev–Trinajstić information content (AvgIpc) is 2.29. The van der Waals surface area contributed by atoms with Gasteiger partial charge in [-0.15, -0.1) is 0 Å². The fourth-order valence-corrected chi connectivity index (χ4v) is 1.87. The lowest BCUT2D eigenvalue weighted by Gasteiger charge is -2.06. The van der Waals surface area contributed by atoms with E-state index in [4.69, 9.17) is 0 Å². The second-order valence-corrected chi connectivity index (χ2v) is 3.89. The molecular formula is C14H20O. The fourth-order valence-electron chi connectivity index (χ4n) is 1.87. The molecule has 0 spiro atoms. The van der Waals surface area contributed by atoms with Gasteiger partial charge in [-0.2, -0.15) is 0 Å². The van der Waals surface area contributed by atoms with Gasteiger partial charge in [-0.25, -0.2) is 0 Å². The molecular weight excluding hydrogens is 184 g/mol. The molecule has 1 rings (SSSR count). The number of unbranched alkanes of at least 4 members (excludes halogenated alkanes) is 3. The van der Waals surface area contributed by atoms with Crippen LogP contribution in [0.25, 0.3) is 0 Å². The van der Waals surface area contributed by atoms with Gasteiger partial charge in [0.15, 0.2) is 0 Å². The SMILES string of the molecule is CCc1ccccc1CCCCCC=O. The molecule has 0 amide bonds. The minimum absolute atomic E-state index is 0.718. The van der Waals surface area contributed by atoms with Crippen molar-refractivity contribution in [3.8, 4) is 0 Å². The van der Waals surface area contributed by atoms with E-state index < -0.39 is 0 Å². The highest BCUT2D eigenvalue weighted by atomic mass is 16.1. The highest BCUT2D eigenvalue weighted by Gasteiger charge is 1.98. The Hall–Kier alpha value is -1.11. The first-order chi connectivity index (χ1) is 7.38. The fraction of sp³-hybridized carbons (Fsp3) is 0.500. The van der Waals surface area contributed by atoms with Gasteiger partial charge in [-0.05, 0) is 36.8 Å². The van der Waals surface area contributed by atoms with E-state index in [-0.39, 0.29) is 0 Å². The molecule has 1 heteroatoms. The van der Waals surface area contributed by atoms with Crippen molar-refractivity contribution in [1.82, 2.24) is 0 Å². The number of carbonyl (C=O) groups excluding carboxylic acids is 1. The topological polar surface area (TPSA) is 17.1 Å². The summed E-state index contributed by atoms with van der Waals surface area (Å²) in [6.07, 6.45) is 7.40. The Kier molecular flexibility index (Phi) is 5.76. The molecule has 1 aromatic rings. The maximum Gasteiger partial charge on any atom is 0.119 e. The summed E-state index contributed by atoms with van der Waals surface area (Å²) in [4.78, 5) is 10.1. The highest BCUT2D eigenvalue weighted by Crippen LogP contribution is 2.13. The number of hydrogen-bond donors (Lipinski definition) is 0. The number of aldehydes is 1. The maximum atomic E-state index is 10.1. The third kappa shape index (κ3) is 4.28. The van der Waals surface area contributed by atoms with Crippen molar-refractivity contribution in [1.29, 1.82) is 0 Å². The van der Waals surface area contributed by atoms with E-state index in [0.717, 1.165) is 38.4 Å². The zero-order valence-corrected chi connectivity index (χ0v) is 9.54. The Balaban J connectivity index is 2.33. The highest BCUT2D eigenvalue weighted by molar-refractivity contribution is 5.48. The molecule has 0 radical (unpaired) electrons. The molecule has 1 nitrogen and oxygen atoms in total. The summed E-state index contributed by atoms with van der Waals surface area (Å²) in [7, 11) is 0. The van der Waals surface area contributed by atoms with Gasteiger partial charge in [0.2, 0.25) is 0 Å². The lowest BCUT2D eigenvalue weighted by Crippen LogP contribution is -1.92. The molecule has 0 bridgehead atoms. The number of carbonyl (C=O) groups is 1. The van der Waals surface area contributed by atoms with Crippen molar-refractivity contribution in [2.24, 2.45) is 0 Å². The maximum absolute atomic E-state index is 10.1. The smallest absolute Gasteiger partial charge is 0.119 e. The summed E-state index contributed by atoms with van der Waals surface area (Å²) in [5.41, 5.74) is 2.94. The number of hydrogen-bond acceptors (Lipinski definition) is 1. The van der Waals surface area contributed by atoms with Crippen LogP contribution < -0.4 is 0 Å². The molecule has 0 aliphatic heterocycles. The summed E-state index contributed by atoms with van der Waals surface area (Å²) in [6.45, 7) is 2.20. The van der Waals surface area contributed by atoms with Crippen LogP contribution in [0.2, 0.25) is 0 Å². The molecule has 0 atom stereocenters. The predicted molar refractivity (Wildman–Crippen MR) is 64.1 cm³/mol. The summed E-state index contributed by atoms with van der Waals surface area (Å²) in [5.74, 6) is 0. The van der Waals surface area contributed by atoms with Crippen molar-refractivity contribution in [3.05, 3.63) is 35.4 Å². The molecule has 0 aromatic heterocycles. The summed E-state index contributed by atoms with van der Waals surface area (Å²) in [5, 5.41) is 0. The van der Waals surface area contributed by atoms with Crippen molar-refractivity contribution < 1.29 is 4.79 Å². The lowest BCUT2D eigenvalue weighted by atomic mass is 9.99. The van der Waals surface area contributed by atoms with Crippen LogP contribution in [0.3, 0.4) is 0 Å². The van der Waals surface area contributed by atoms with E-state index in [9.17, 15) is 4.79 Å². The number of aryl methyl sites for hydroxylation is 2. The standard InChI is InChI=1S/C14H20O/c1-2-13-9-6-7-11-14(13)10-5-3-4-8-12-15/h6-7,9,11-12H,2-5,8,10H2,1H3. The monoisotopic (exact) mass is 204 g/mol. The molecule has 0 N–H and O–H groups in total. The Morgan fingerprint density at radius 1 is 1.07 bits per heavy atom. The normalized spacial score (nSPS) is 10.2. The third-order valence-corrected chi connectivity index (χ3v) is 2.77. The predicted octanol–water partition coefficient (Wildman–Crippen LogP) is 3.55. The van der Waals surface area contributed by atoms with E-state index in [1.54, 1.807) is 0 Å². The number of rotatable bonds is 7. The van der Waals surface area contributed by atoms with E-state index in [1.165, 1.54) is 17.5 Å². The molecule has 0 fully saturated rings. The second-order valence-electron chi connectivity index (χ2n) is 3.89. The van der Waals surface area contributed by atoms with Crippen molar-refractivity contribution >= 4 is 6.29 Å². The molecule has 0 aliphatic carbocycles. The quantitative estimate of drug-likeness (QED) is 0.490. The Morgan fingerprint density at radius 3 is 2.47 bits per heavy atom. The van der Waals surface area contributed by atoms with Crippen LogP contribution in [0.1, 0.15) is 43.7 Å². The van der Waals surface area contributed by atoms with Crippen LogP contribution in [-0.2, 0) is 17.6 Å². The summed E-state index contributed by atoms with van der Waals surface area (Å²) in [6, 6.07) is 8.65. The van der Waals surface area contributed by atoms with Gasteiger partial charge in [-0.1, -0.05) is 37.6 Å². The van der Waals surface area contributed by atoms with Crippen molar-refractivity contribution in [2.45, 2.75) is 45.4 Å². The molecule has 0 saturated heterocycles. The first-order valence-electron chi connectivity index (χ1n) is 5.89. The second kappa shape index (κ2) is 7.22. The summed E-state index contributed by atoms with van der Waals surface area (Å²) < 4.78 is 0. The van der Waals surface area contributed by atoms with Gasteiger partial charge in [-0.3, -0.25) is 0 Å². The molecule has 82 valence electrons. The number of benzene rings is 1. The van der Waals surface area contributed by atoms with Gasteiger partial charge in [0.05, 0.1) is 0 Å². The summed E-state index contributed by atoms with van der Waals surface area (Å²) >= 11 is 0. The van der Waals surface area contributed by atoms with Crippen LogP contribution in [0.15, 0.2) is 24.3 Å². The molecule has 0 unspecified atom stereocenters. The minimum Gasteiger partial charge on any atom is -0.303 e. The first kappa shape index (κ1) is 12.0. The van der Waals surface area contributed by atoms with Gasteiger partial charge in [0.25, 0.3) is 0 Å². The van der Waals surface area contributed by atoms with E-state index in [0.29, 0.717) is 0 Å². The van der Waals surface area contributed by atoms with Gasteiger partial charge in [0.1, 0.15) is 6.29 Å². The van der Waals surface area contributed by atoms with E-state index >= 15 is 0 Å². The van der Waals surface area contributed by atoms with E-state index in [1.807, 2.05) is 0 Å². The largest absolute Gasteiger partial charge is 0.303 e. The van der Waals surface area contributed by atoms with Crippen LogP contribution >= 0.6 is 0 Å². The Labute approximate surface area is 92.5 Å². The van der Waals surface area contributed by atoms with Crippen LogP contribution in [0.5, 0.6) is 0 Å². The van der Waals surface area contributed by atoms with E-state index in [2.05, 4.69) is 31.2 Å². The molecule has 0 aliphatic rings.